The van der Waals surface area contributed by atoms with Crippen molar-refractivity contribution in [2.75, 3.05) is 0 Å². The molecule has 8 heteroatoms. The van der Waals surface area contributed by atoms with E-state index in [2.05, 4.69) is 10.1 Å². The minimum atomic E-state index is -0.393. The fraction of sp³-hybridized carbons (Fsp3) is 0.385. The number of fused-ring (bicyclic) bond motifs is 1. The summed E-state index contributed by atoms with van der Waals surface area (Å²) in [5.41, 5.74) is 1.68. The minimum absolute atomic E-state index is 0.364. The molecule has 0 saturated heterocycles. The molecule has 0 unspecified atom stereocenters. The Labute approximate surface area is 119 Å². The lowest BCUT2D eigenvalue weighted by Gasteiger charge is -2.06. The van der Waals surface area contributed by atoms with Crippen LogP contribution in [0.5, 0.6) is 0 Å². The van der Waals surface area contributed by atoms with Gasteiger partial charge in [0.05, 0.1) is 18.6 Å². The van der Waals surface area contributed by atoms with E-state index in [1.54, 1.807) is 17.9 Å². The minimum Gasteiger partial charge on any atom is -0.361 e. The molecule has 8 nitrogen and oxygen atoms in total. The molecule has 0 aromatic carbocycles. The lowest BCUT2D eigenvalue weighted by atomic mass is 10.2. The summed E-state index contributed by atoms with van der Waals surface area (Å²) < 4.78 is 9.28. The number of aryl methyl sites for hydroxylation is 3. The highest BCUT2D eigenvalue weighted by Crippen LogP contribution is 2.16. The number of rotatable bonds is 2. The standard InChI is InChI=1S/C13H15N5O3/c1-7-9(8(2)21-15-7)5-18-6-14-11-10(18)12(19)17(4)13(20)16(11)3/h6H,5H2,1-4H3. The van der Waals surface area contributed by atoms with E-state index in [4.69, 9.17) is 4.52 Å². The predicted octanol–water partition coefficient (Wildman–Crippen LogP) is 0.0868. The van der Waals surface area contributed by atoms with E-state index in [0.29, 0.717) is 23.5 Å². The summed E-state index contributed by atoms with van der Waals surface area (Å²) in [6.45, 7) is 4.09. The molecule has 110 valence electrons. The van der Waals surface area contributed by atoms with Crippen LogP contribution in [-0.2, 0) is 20.6 Å². The van der Waals surface area contributed by atoms with Crippen molar-refractivity contribution in [2.24, 2.45) is 14.1 Å². The topological polar surface area (TPSA) is 87.8 Å². The van der Waals surface area contributed by atoms with E-state index in [1.165, 1.54) is 11.6 Å². The van der Waals surface area contributed by atoms with Gasteiger partial charge in [0.2, 0.25) is 0 Å². The summed E-state index contributed by atoms with van der Waals surface area (Å²) in [5, 5.41) is 3.90. The molecule has 0 amide bonds. The first kappa shape index (κ1) is 13.3. The van der Waals surface area contributed by atoms with Gasteiger partial charge in [0.1, 0.15) is 5.76 Å². The van der Waals surface area contributed by atoms with Gasteiger partial charge >= 0.3 is 5.69 Å². The van der Waals surface area contributed by atoms with Crippen molar-refractivity contribution in [1.82, 2.24) is 23.8 Å². The highest BCUT2D eigenvalue weighted by Gasteiger charge is 2.16. The Bertz CT molecular complexity index is 937. The molecule has 0 radical (unpaired) electrons. The monoisotopic (exact) mass is 289 g/mol. The molecule has 0 atom stereocenters. The van der Waals surface area contributed by atoms with Crippen molar-refractivity contribution < 1.29 is 4.52 Å². The highest BCUT2D eigenvalue weighted by atomic mass is 16.5. The lowest BCUT2D eigenvalue weighted by Crippen LogP contribution is -2.37. The zero-order chi connectivity index (χ0) is 15.3. The molecule has 3 aromatic rings. The molecule has 3 aromatic heterocycles. The van der Waals surface area contributed by atoms with Gasteiger partial charge in [-0.1, -0.05) is 5.16 Å². The summed E-state index contributed by atoms with van der Waals surface area (Å²) >= 11 is 0. The first-order valence-electron chi connectivity index (χ1n) is 6.44. The molecule has 0 aliphatic carbocycles. The van der Waals surface area contributed by atoms with Crippen LogP contribution in [-0.4, -0.2) is 23.8 Å². The summed E-state index contributed by atoms with van der Waals surface area (Å²) in [5.74, 6) is 0.705. The Morgan fingerprint density at radius 1 is 1.19 bits per heavy atom. The highest BCUT2D eigenvalue weighted by molar-refractivity contribution is 5.70. The fourth-order valence-electron chi connectivity index (χ4n) is 2.41. The van der Waals surface area contributed by atoms with Crippen LogP contribution in [0.15, 0.2) is 20.4 Å². The Morgan fingerprint density at radius 2 is 1.90 bits per heavy atom. The second-order valence-electron chi connectivity index (χ2n) is 5.05. The van der Waals surface area contributed by atoms with Gasteiger partial charge < -0.3 is 9.09 Å². The molecular formula is C13H15N5O3. The van der Waals surface area contributed by atoms with Gasteiger partial charge in [0.25, 0.3) is 5.56 Å². The number of hydrogen-bond acceptors (Lipinski definition) is 5. The maximum Gasteiger partial charge on any atom is 0.332 e. The van der Waals surface area contributed by atoms with Crippen LogP contribution in [0.25, 0.3) is 11.2 Å². The first-order valence-corrected chi connectivity index (χ1v) is 6.44. The van der Waals surface area contributed by atoms with Crippen molar-refractivity contribution in [2.45, 2.75) is 20.4 Å². The van der Waals surface area contributed by atoms with E-state index in [0.717, 1.165) is 15.8 Å². The van der Waals surface area contributed by atoms with Crippen molar-refractivity contribution in [1.29, 1.82) is 0 Å². The Hall–Kier alpha value is -2.64. The summed E-state index contributed by atoms with van der Waals surface area (Å²) in [7, 11) is 3.05. The number of nitrogens with zero attached hydrogens (tertiary/aromatic N) is 5. The van der Waals surface area contributed by atoms with Gasteiger partial charge in [-0.15, -0.1) is 0 Å². The van der Waals surface area contributed by atoms with Crippen LogP contribution in [0.2, 0.25) is 0 Å². The van der Waals surface area contributed by atoms with E-state index < -0.39 is 5.69 Å². The average Bonchev–Trinajstić information content (AvgIpc) is 3.01. The van der Waals surface area contributed by atoms with Crippen molar-refractivity contribution in [3.8, 4) is 0 Å². The van der Waals surface area contributed by atoms with Gasteiger partial charge in [-0.3, -0.25) is 13.9 Å². The zero-order valence-electron chi connectivity index (χ0n) is 12.2. The maximum atomic E-state index is 12.3. The Balaban J connectivity index is 2.27. The van der Waals surface area contributed by atoms with Crippen molar-refractivity contribution in [3.05, 3.63) is 44.2 Å². The maximum absolute atomic E-state index is 12.3. The average molecular weight is 289 g/mol. The summed E-state index contributed by atoms with van der Waals surface area (Å²) in [6.07, 6.45) is 1.55. The van der Waals surface area contributed by atoms with Gasteiger partial charge in [0, 0.05) is 19.7 Å². The first-order chi connectivity index (χ1) is 9.91. The van der Waals surface area contributed by atoms with Crippen molar-refractivity contribution in [3.63, 3.8) is 0 Å². The molecule has 0 N–H and O–H groups in total. The van der Waals surface area contributed by atoms with Crippen LogP contribution < -0.4 is 11.2 Å². The van der Waals surface area contributed by atoms with E-state index >= 15 is 0 Å². The normalized spacial score (nSPS) is 11.4. The second kappa shape index (κ2) is 4.44. The SMILES string of the molecule is Cc1noc(C)c1Cn1cnc2c1c(=O)n(C)c(=O)n2C. The molecule has 0 spiro atoms. The second-order valence-corrected chi connectivity index (χ2v) is 5.05. The predicted molar refractivity (Wildman–Crippen MR) is 75.3 cm³/mol. The van der Waals surface area contributed by atoms with Crippen LogP contribution >= 0.6 is 0 Å². The van der Waals surface area contributed by atoms with Crippen LogP contribution in [0.1, 0.15) is 17.0 Å². The summed E-state index contributed by atoms with van der Waals surface area (Å²) in [4.78, 5) is 28.4. The van der Waals surface area contributed by atoms with Crippen LogP contribution in [0.4, 0.5) is 0 Å². The fourth-order valence-corrected chi connectivity index (χ4v) is 2.41. The van der Waals surface area contributed by atoms with Gasteiger partial charge in [-0.05, 0) is 13.8 Å². The van der Waals surface area contributed by atoms with E-state index in [9.17, 15) is 9.59 Å². The molecular weight excluding hydrogens is 274 g/mol. The van der Waals surface area contributed by atoms with E-state index in [-0.39, 0.29) is 5.56 Å². The molecule has 0 fully saturated rings. The number of hydrogen-bond donors (Lipinski definition) is 0. The molecule has 21 heavy (non-hydrogen) atoms. The molecule has 3 heterocycles. The summed E-state index contributed by atoms with van der Waals surface area (Å²) in [6, 6.07) is 0. The molecule has 0 saturated carbocycles. The van der Waals surface area contributed by atoms with Gasteiger partial charge in [0.15, 0.2) is 11.2 Å². The molecule has 0 aliphatic heterocycles. The van der Waals surface area contributed by atoms with Gasteiger partial charge in [-0.2, -0.15) is 0 Å². The van der Waals surface area contributed by atoms with Crippen molar-refractivity contribution >= 4 is 11.2 Å². The molecule has 0 bridgehead atoms. The number of aromatic nitrogens is 5. The quantitative estimate of drug-likeness (QED) is 0.667. The zero-order valence-corrected chi connectivity index (χ0v) is 12.2. The third-order valence-corrected chi connectivity index (χ3v) is 3.73. The number of imidazole rings is 1. The van der Waals surface area contributed by atoms with Gasteiger partial charge in [-0.25, -0.2) is 9.78 Å². The Morgan fingerprint density at radius 3 is 2.52 bits per heavy atom. The lowest BCUT2D eigenvalue weighted by molar-refractivity contribution is 0.392. The van der Waals surface area contributed by atoms with Crippen LogP contribution in [0.3, 0.4) is 0 Å². The largest absolute Gasteiger partial charge is 0.361 e. The molecule has 0 aliphatic rings. The smallest absolute Gasteiger partial charge is 0.332 e. The third kappa shape index (κ3) is 1.83. The third-order valence-electron chi connectivity index (χ3n) is 3.73. The van der Waals surface area contributed by atoms with E-state index in [1.807, 2.05) is 13.8 Å². The Kier molecular flexibility index (Phi) is 2.82. The molecule has 3 rings (SSSR count). The van der Waals surface area contributed by atoms with Crippen LogP contribution in [0, 0.1) is 13.8 Å².